The molecule has 4 fully saturated rings. The Bertz CT molecular complexity index is 2270. The molecule has 0 saturated carbocycles. The molecule has 286 valence electrons. The van der Waals surface area contributed by atoms with Crippen LogP contribution in [0, 0.1) is 0 Å². The summed E-state index contributed by atoms with van der Waals surface area (Å²) in [6, 6.07) is 19.1. The number of nitrogens with zero attached hydrogens (tertiary/aromatic N) is 10. The Kier molecular flexibility index (Phi) is 9.11. The number of pyridine rings is 2. The van der Waals surface area contributed by atoms with Crippen LogP contribution < -0.4 is 35.8 Å². The lowest BCUT2D eigenvalue weighted by atomic mass is 10.1. The summed E-state index contributed by atoms with van der Waals surface area (Å²) in [4.78, 5) is 43.5. The summed E-state index contributed by atoms with van der Waals surface area (Å²) in [5, 5.41) is 16.9. The number of piperazine rings is 2. The summed E-state index contributed by atoms with van der Waals surface area (Å²) in [7, 11) is 1.34. The van der Waals surface area contributed by atoms with Gasteiger partial charge in [-0.2, -0.15) is 0 Å². The van der Waals surface area contributed by atoms with Gasteiger partial charge in [-0.3, -0.25) is 0 Å². The molecule has 1 aromatic carbocycles. The molecule has 0 aliphatic carbocycles. The van der Waals surface area contributed by atoms with E-state index in [0.29, 0.717) is 46.9 Å². The van der Waals surface area contributed by atoms with Crippen LogP contribution in [0.15, 0.2) is 73.1 Å². The van der Waals surface area contributed by atoms with Gasteiger partial charge in [0.05, 0.1) is 47.9 Å². The van der Waals surface area contributed by atoms with Crippen LogP contribution in [0.4, 0.5) is 34.4 Å². The SMILES string of the molecule is COC(=O)c1ccc(N2C3CCC2CN(c2cc(-c4ccccc4OC(=O)c4ccc(N5C6CCC5CN(c5cc(Cl)nnc5N)C6)cn4)nnc2N)C3)cn1. The van der Waals surface area contributed by atoms with Crippen molar-refractivity contribution in [3.63, 3.8) is 0 Å². The van der Waals surface area contributed by atoms with Crippen LogP contribution in [0.25, 0.3) is 11.3 Å². The van der Waals surface area contributed by atoms with Gasteiger partial charge in [-0.1, -0.05) is 23.7 Å². The number of hydrogen-bond donors (Lipinski definition) is 2. The number of benzene rings is 1. The third-order valence-electron chi connectivity index (χ3n) is 11.3. The van der Waals surface area contributed by atoms with E-state index in [0.717, 1.165) is 61.5 Å². The molecule has 0 amide bonds. The maximum atomic E-state index is 13.5. The number of fused-ring (bicyclic) bond motifs is 4. The molecule has 8 heterocycles. The number of anilines is 6. The van der Waals surface area contributed by atoms with E-state index in [-0.39, 0.29) is 35.6 Å². The van der Waals surface area contributed by atoms with E-state index >= 15 is 0 Å². The van der Waals surface area contributed by atoms with Crippen molar-refractivity contribution in [2.45, 2.75) is 49.9 Å². The molecular weight excluding hydrogens is 736 g/mol. The summed E-state index contributed by atoms with van der Waals surface area (Å²) < 4.78 is 10.8. The fourth-order valence-electron chi connectivity index (χ4n) is 8.78. The molecule has 4 saturated heterocycles. The Balaban J connectivity index is 0.885. The maximum absolute atomic E-state index is 13.5. The van der Waals surface area contributed by atoms with Crippen molar-refractivity contribution in [2.24, 2.45) is 0 Å². The van der Waals surface area contributed by atoms with Crippen molar-refractivity contribution in [1.82, 2.24) is 30.4 Å². The number of ether oxygens (including phenoxy) is 2. The van der Waals surface area contributed by atoms with E-state index in [1.807, 2.05) is 30.3 Å². The summed E-state index contributed by atoms with van der Waals surface area (Å²) in [6.45, 7) is 2.93. The highest BCUT2D eigenvalue weighted by atomic mass is 35.5. The largest absolute Gasteiger partial charge is 0.464 e. The summed E-state index contributed by atoms with van der Waals surface area (Å²) >= 11 is 6.13. The third kappa shape index (κ3) is 6.48. The number of esters is 2. The monoisotopic (exact) mass is 774 g/mol. The number of para-hydroxylation sites is 1. The molecular formula is C39H39ClN12O4. The maximum Gasteiger partial charge on any atom is 0.362 e. The number of halogens is 1. The van der Waals surface area contributed by atoms with Crippen molar-refractivity contribution in [3.05, 3.63) is 89.6 Å². The molecule has 4 bridgehead atoms. The minimum atomic E-state index is -0.584. The van der Waals surface area contributed by atoms with Gasteiger partial charge in [0.15, 0.2) is 16.8 Å². The second kappa shape index (κ2) is 14.4. The fraction of sp³-hybridized carbons (Fsp3) is 0.333. The van der Waals surface area contributed by atoms with Crippen LogP contribution in [-0.2, 0) is 4.74 Å². The van der Waals surface area contributed by atoms with Crippen LogP contribution in [0.1, 0.15) is 46.7 Å². The number of carbonyl (C=O) groups is 2. The Morgan fingerprint density at radius 3 is 1.73 bits per heavy atom. The lowest BCUT2D eigenvalue weighted by Gasteiger charge is -2.43. The van der Waals surface area contributed by atoms with Gasteiger partial charge in [-0.25, -0.2) is 19.6 Å². The van der Waals surface area contributed by atoms with Gasteiger partial charge in [0.2, 0.25) is 0 Å². The van der Waals surface area contributed by atoms with E-state index in [4.69, 9.17) is 32.5 Å². The predicted octanol–water partition coefficient (Wildman–Crippen LogP) is 4.26. The van der Waals surface area contributed by atoms with Gasteiger partial charge in [0.25, 0.3) is 0 Å². The number of nitrogen functional groups attached to an aromatic ring is 2. The van der Waals surface area contributed by atoms with E-state index in [1.165, 1.54) is 7.11 Å². The smallest absolute Gasteiger partial charge is 0.362 e. The Labute approximate surface area is 327 Å². The van der Waals surface area contributed by atoms with Gasteiger partial charge in [0, 0.05) is 62.0 Å². The predicted molar refractivity (Wildman–Crippen MR) is 211 cm³/mol. The van der Waals surface area contributed by atoms with E-state index in [1.54, 1.807) is 42.7 Å². The number of carbonyl (C=O) groups excluding carboxylic acids is 2. The zero-order chi connectivity index (χ0) is 38.5. The molecule has 56 heavy (non-hydrogen) atoms. The first-order valence-electron chi connectivity index (χ1n) is 18.5. The van der Waals surface area contributed by atoms with Crippen molar-refractivity contribution in [3.8, 4) is 17.0 Å². The Morgan fingerprint density at radius 1 is 0.679 bits per heavy atom. The average molecular weight is 775 g/mol. The van der Waals surface area contributed by atoms with E-state index in [2.05, 4.69) is 50.0 Å². The minimum absolute atomic E-state index is 0.187. The van der Waals surface area contributed by atoms with E-state index in [9.17, 15) is 9.59 Å². The summed E-state index contributed by atoms with van der Waals surface area (Å²) in [5.41, 5.74) is 17.6. The molecule has 4 aliphatic rings. The van der Waals surface area contributed by atoms with Gasteiger partial charge in [-0.05, 0) is 68.1 Å². The van der Waals surface area contributed by atoms with Gasteiger partial charge in [0.1, 0.15) is 17.1 Å². The number of hydrogen-bond acceptors (Lipinski definition) is 16. The molecule has 9 rings (SSSR count). The van der Waals surface area contributed by atoms with Crippen LogP contribution in [0.3, 0.4) is 0 Å². The first-order valence-corrected chi connectivity index (χ1v) is 18.9. The van der Waals surface area contributed by atoms with Crippen LogP contribution in [0.5, 0.6) is 5.75 Å². The van der Waals surface area contributed by atoms with Crippen LogP contribution in [-0.4, -0.2) is 99.8 Å². The summed E-state index contributed by atoms with van der Waals surface area (Å²) in [5.74, 6) is -0.0310. The molecule has 17 heteroatoms. The molecule has 0 radical (unpaired) electrons. The Hall–Kier alpha value is -6.29. The second-order valence-electron chi connectivity index (χ2n) is 14.5. The van der Waals surface area contributed by atoms with Gasteiger partial charge < -0.3 is 40.5 Å². The molecule has 4 aromatic heterocycles. The first-order chi connectivity index (χ1) is 27.2. The molecule has 4 aliphatic heterocycles. The zero-order valence-electron chi connectivity index (χ0n) is 30.5. The van der Waals surface area contributed by atoms with Crippen LogP contribution >= 0.6 is 11.6 Å². The first kappa shape index (κ1) is 35.4. The van der Waals surface area contributed by atoms with Gasteiger partial charge in [-0.15, -0.1) is 20.4 Å². The van der Waals surface area contributed by atoms with Crippen molar-refractivity contribution in [2.75, 3.05) is 64.4 Å². The summed E-state index contributed by atoms with van der Waals surface area (Å²) in [6.07, 6.45) is 7.53. The second-order valence-corrected chi connectivity index (χ2v) is 14.9. The molecule has 4 atom stereocenters. The highest BCUT2D eigenvalue weighted by Crippen LogP contribution is 2.40. The quantitative estimate of drug-likeness (QED) is 0.168. The third-order valence-corrected chi connectivity index (χ3v) is 11.5. The normalized spacial score (nSPS) is 21.3. The number of nitrogens with two attached hydrogens (primary N) is 2. The van der Waals surface area contributed by atoms with Gasteiger partial charge >= 0.3 is 11.9 Å². The van der Waals surface area contributed by atoms with Crippen LogP contribution in [0.2, 0.25) is 5.15 Å². The molecule has 0 spiro atoms. The number of aromatic nitrogens is 6. The zero-order valence-corrected chi connectivity index (χ0v) is 31.3. The highest BCUT2D eigenvalue weighted by Gasteiger charge is 2.42. The molecule has 16 nitrogen and oxygen atoms in total. The minimum Gasteiger partial charge on any atom is -0.464 e. The average Bonchev–Trinajstić information content (AvgIpc) is 3.64. The van der Waals surface area contributed by atoms with Crippen molar-refractivity contribution < 1.29 is 19.1 Å². The molecule has 4 N–H and O–H groups in total. The van der Waals surface area contributed by atoms with Crippen molar-refractivity contribution >= 4 is 57.9 Å². The number of rotatable bonds is 8. The number of methoxy groups -OCH3 is 1. The van der Waals surface area contributed by atoms with Crippen molar-refractivity contribution in [1.29, 1.82) is 0 Å². The lowest BCUT2D eigenvalue weighted by molar-refractivity contribution is 0.0593. The molecule has 5 aromatic rings. The fourth-order valence-corrected chi connectivity index (χ4v) is 8.92. The Morgan fingerprint density at radius 2 is 1.20 bits per heavy atom. The standard InChI is InChI=1S/C39H39ClN12O4/c1-55-38(53)29-12-10-22(16-43-29)51-24-6-7-25(51)19-49(18-24)32-14-31(45-47-36(32)41)28-4-2-3-5-34(28)56-39(54)30-13-11-23(17-44-30)52-26-8-9-27(52)21-50(20-26)33-15-35(40)46-48-37(33)42/h2-5,10-17,24-27H,6-9,18-21H2,1H3,(H2,41,47)(H2,42,48). The topological polar surface area (TPSA) is 195 Å². The molecule has 4 unspecified atom stereocenters. The highest BCUT2D eigenvalue weighted by molar-refractivity contribution is 6.29. The lowest BCUT2D eigenvalue weighted by Crippen LogP contribution is -2.54. The van der Waals surface area contributed by atoms with E-state index < -0.39 is 11.9 Å².